The number of H-pyrrole nitrogens is 1. The number of hydrogen-bond donors (Lipinski definition) is 1. The summed E-state index contributed by atoms with van der Waals surface area (Å²) in [6, 6.07) is 15.5. The molecule has 4 rings (SSSR count). The maximum absolute atomic E-state index is 13.0. The first-order valence-corrected chi connectivity index (χ1v) is 7.42. The van der Waals surface area contributed by atoms with Crippen LogP contribution in [0.2, 0.25) is 0 Å². The zero-order valence-corrected chi connectivity index (χ0v) is 12.7. The van der Waals surface area contributed by atoms with Crippen molar-refractivity contribution in [3.8, 4) is 0 Å². The number of benzene rings is 2. The molecule has 0 unspecified atom stereocenters. The quantitative estimate of drug-likeness (QED) is 0.608. The molecule has 0 saturated carbocycles. The predicted octanol–water partition coefficient (Wildman–Crippen LogP) is 3.99. The number of anilines is 1. The van der Waals surface area contributed by atoms with Gasteiger partial charge in [0, 0.05) is 42.0 Å². The van der Waals surface area contributed by atoms with E-state index >= 15 is 0 Å². The van der Waals surface area contributed by atoms with Crippen LogP contribution in [-0.4, -0.2) is 22.9 Å². The molecule has 2 aromatic heterocycles. The first-order chi connectivity index (χ1) is 11.3. The molecule has 0 spiro atoms. The van der Waals surface area contributed by atoms with Gasteiger partial charge in [-0.2, -0.15) is 0 Å². The van der Waals surface area contributed by atoms with E-state index in [1.54, 1.807) is 24.3 Å². The van der Waals surface area contributed by atoms with Gasteiger partial charge in [0.2, 0.25) is 0 Å². The van der Waals surface area contributed by atoms with Crippen molar-refractivity contribution in [1.82, 2.24) is 9.97 Å². The molecule has 4 heteroatoms. The van der Waals surface area contributed by atoms with Crippen molar-refractivity contribution in [2.45, 2.75) is 0 Å². The topological polar surface area (TPSA) is 49.0 Å². The largest absolute Gasteiger partial charge is 0.359 e. The molecule has 112 valence electrons. The third kappa shape index (κ3) is 2.16. The number of amides is 1. The third-order valence-corrected chi connectivity index (χ3v) is 4.14. The molecule has 23 heavy (non-hydrogen) atoms. The minimum atomic E-state index is -0.0381. The number of pyridine rings is 1. The van der Waals surface area contributed by atoms with Gasteiger partial charge in [0.25, 0.3) is 5.91 Å². The highest BCUT2D eigenvalue weighted by atomic mass is 16.2. The first kappa shape index (κ1) is 13.5. The van der Waals surface area contributed by atoms with Crippen LogP contribution in [0.5, 0.6) is 0 Å². The second kappa shape index (κ2) is 5.25. The van der Waals surface area contributed by atoms with Crippen molar-refractivity contribution in [2.75, 3.05) is 11.9 Å². The summed E-state index contributed by atoms with van der Waals surface area (Å²) in [6.45, 7) is 0. The van der Waals surface area contributed by atoms with Gasteiger partial charge in [-0.05, 0) is 29.7 Å². The van der Waals surface area contributed by atoms with Crippen LogP contribution in [0.15, 0.2) is 67.1 Å². The molecule has 0 aliphatic carbocycles. The van der Waals surface area contributed by atoms with Gasteiger partial charge in [-0.3, -0.25) is 9.78 Å². The third-order valence-electron chi connectivity index (χ3n) is 4.14. The van der Waals surface area contributed by atoms with Gasteiger partial charge in [-0.1, -0.05) is 24.3 Å². The SMILES string of the molecule is CN(C(=O)c1cccc2cnccc12)c1cccc2cc[nH]c12. The summed E-state index contributed by atoms with van der Waals surface area (Å²) in [5.74, 6) is -0.0381. The molecule has 0 atom stereocenters. The summed E-state index contributed by atoms with van der Waals surface area (Å²) in [6.07, 6.45) is 5.37. The number of aromatic amines is 1. The zero-order chi connectivity index (χ0) is 15.8. The van der Waals surface area contributed by atoms with Gasteiger partial charge < -0.3 is 9.88 Å². The Labute approximate surface area is 133 Å². The van der Waals surface area contributed by atoms with E-state index in [0.717, 1.165) is 27.4 Å². The number of nitrogens with zero attached hydrogens (tertiary/aromatic N) is 2. The van der Waals surface area contributed by atoms with E-state index in [1.807, 2.05) is 54.7 Å². The molecule has 0 radical (unpaired) electrons. The molecule has 1 N–H and O–H groups in total. The maximum atomic E-state index is 13.0. The number of fused-ring (bicyclic) bond motifs is 2. The molecule has 0 fully saturated rings. The summed E-state index contributed by atoms with van der Waals surface area (Å²) >= 11 is 0. The number of hydrogen-bond acceptors (Lipinski definition) is 2. The second-order valence-corrected chi connectivity index (χ2v) is 5.49. The lowest BCUT2D eigenvalue weighted by Gasteiger charge is -2.19. The summed E-state index contributed by atoms with van der Waals surface area (Å²) < 4.78 is 0. The fourth-order valence-corrected chi connectivity index (χ4v) is 2.95. The molecule has 1 amide bonds. The Morgan fingerprint density at radius 3 is 2.78 bits per heavy atom. The lowest BCUT2D eigenvalue weighted by atomic mass is 10.1. The molecule has 4 aromatic rings. The Hall–Kier alpha value is -3.14. The average molecular weight is 301 g/mol. The summed E-state index contributed by atoms with van der Waals surface area (Å²) in [7, 11) is 1.80. The van der Waals surface area contributed by atoms with E-state index in [1.165, 1.54) is 0 Å². The second-order valence-electron chi connectivity index (χ2n) is 5.49. The number of nitrogens with one attached hydrogen (secondary N) is 1. The van der Waals surface area contributed by atoms with Gasteiger partial charge in [-0.15, -0.1) is 0 Å². The summed E-state index contributed by atoms with van der Waals surface area (Å²) in [5.41, 5.74) is 2.50. The highest BCUT2D eigenvalue weighted by Crippen LogP contribution is 2.27. The standard InChI is InChI=1S/C19H15N3O/c1-22(17-7-3-4-13-8-11-21-18(13)17)19(23)16-6-2-5-14-12-20-10-9-15(14)16/h2-12,21H,1H3. The minimum Gasteiger partial charge on any atom is -0.359 e. The lowest BCUT2D eigenvalue weighted by molar-refractivity contribution is 0.0995. The predicted molar refractivity (Wildman–Crippen MR) is 92.8 cm³/mol. The Kier molecular flexibility index (Phi) is 3.08. The molecular weight excluding hydrogens is 286 g/mol. The first-order valence-electron chi connectivity index (χ1n) is 7.42. The van der Waals surface area contributed by atoms with E-state index in [0.29, 0.717) is 5.56 Å². The van der Waals surface area contributed by atoms with Gasteiger partial charge in [0.15, 0.2) is 0 Å². The van der Waals surface area contributed by atoms with Crippen molar-refractivity contribution in [3.05, 3.63) is 72.7 Å². The normalized spacial score (nSPS) is 11.0. The van der Waals surface area contributed by atoms with Gasteiger partial charge in [0.05, 0.1) is 11.2 Å². The van der Waals surface area contributed by atoms with Crippen LogP contribution < -0.4 is 4.90 Å². The number of carbonyl (C=O) groups excluding carboxylic acids is 1. The highest BCUT2D eigenvalue weighted by Gasteiger charge is 2.18. The average Bonchev–Trinajstić information content (AvgIpc) is 3.08. The smallest absolute Gasteiger partial charge is 0.258 e. The molecule has 0 saturated heterocycles. The lowest BCUT2D eigenvalue weighted by Crippen LogP contribution is -2.26. The van der Waals surface area contributed by atoms with Crippen molar-refractivity contribution in [3.63, 3.8) is 0 Å². The number of rotatable bonds is 2. The molecule has 0 aliphatic heterocycles. The fourth-order valence-electron chi connectivity index (χ4n) is 2.95. The Morgan fingerprint density at radius 2 is 1.87 bits per heavy atom. The van der Waals surface area contributed by atoms with E-state index in [-0.39, 0.29) is 5.91 Å². The molecule has 0 bridgehead atoms. The van der Waals surface area contributed by atoms with Crippen LogP contribution in [0.3, 0.4) is 0 Å². The van der Waals surface area contributed by atoms with E-state index in [9.17, 15) is 4.79 Å². The van der Waals surface area contributed by atoms with Crippen LogP contribution in [-0.2, 0) is 0 Å². The fraction of sp³-hybridized carbons (Fsp3) is 0.0526. The summed E-state index contributed by atoms with van der Waals surface area (Å²) in [4.78, 5) is 22.0. The van der Waals surface area contributed by atoms with Crippen molar-refractivity contribution in [1.29, 1.82) is 0 Å². The number of aromatic nitrogens is 2. The van der Waals surface area contributed by atoms with Crippen molar-refractivity contribution < 1.29 is 4.79 Å². The Morgan fingerprint density at radius 1 is 1.04 bits per heavy atom. The van der Waals surface area contributed by atoms with Crippen LogP contribution in [0.1, 0.15) is 10.4 Å². The maximum Gasteiger partial charge on any atom is 0.258 e. The molecule has 2 aromatic carbocycles. The van der Waals surface area contributed by atoms with Gasteiger partial charge in [-0.25, -0.2) is 0 Å². The Balaban J connectivity index is 1.83. The van der Waals surface area contributed by atoms with Crippen molar-refractivity contribution >= 4 is 33.3 Å². The van der Waals surface area contributed by atoms with E-state index < -0.39 is 0 Å². The molecule has 2 heterocycles. The van der Waals surface area contributed by atoms with Crippen molar-refractivity contribution in [2.24, 2.45) is 0 Å². The summed E-state index contributed by atoms with van der Waals surface area (Å²) in [5, 5.41) is 2.96. The van der Waals surface area contributed by atoms with Crippen LogP contribution in [0.4, 0.5) is 5.69 Å². The van der Waals surface area contributed by atoms with Gasteiger partial charge in [0.1, 0.15) is 0 Å². The van der Waals surface area contributed by atoms with Gasteiger partial charge >= 0.3 is 0 Å². The Bertz CT molecular complexity index is 1010. The molecule has 4 nitrogen and oxygen atoms in total. The molecule has 0 aliphatic rings. The van der Waals surface area contributed by atoms with Crippen LogP contribution in [0, 0.1) is 0 Å². The number of carbonyl (C=O) groups is 1. The monoisotopic (exact) mass is 301 g/mol. The zero-order valence-electron chi connectivity index (χ0n) is 12.7. The number of para-hydroxylation sites is 1. The molecular formula is C19H15N3O. The highest BCUT2D eigenvalue weighted by molar-refractivity contribution is 6.15. The van der Waals surface area contributed by atoms with E-state index in [2.05, 4.69) is 9.97 Å². The van der Waals surface area contributed by atoms with E-state index in [4.69, 9.17) is 0 Å². The minimum absolute atomic E-state index is 0.0381. The van der Waals surface area contributed by atoms with Crippen LogP contribution >= 0.6 is 0 Å². The van der Waals surface area contributed by atoms with Crippen LogP contribution in [0.25, 0.3) is 21.7 Å².